The molecule has 7 nitrogen and oxygen atoms in total. The molecular formula is C20H22F3N5O2. The number of hydrogen-bond donors (Lipinski definition) is 2. The van der Waals surface area contributed by atoms with Crippen molar-refractivity contribution in [2.45, 2.75) is 51.1 Å². The molecule has 1 saturated carbocycles. The van der Waals surface area contributed by atoms with Crippen molar-refractivity contribution in [2.75, 3.05) is 22.6 Å². The van der Waals surface area contributed by atoms with Crippen LogP contribution in [0.4, 0.5) is 30.6 Å². The highest BCUT2D eigenvalue weighted by Gasteiger charge is 2.34. The number of amides is 1. The van der Waals surface area contributed by atoms with Crippen LogP contribution in [-0.4, -0.2) is 41.4 Å². The molecule has 1 fully saturated rings. The van der Waals surface area contributed by atoms with Crippen molar-refractivity contribution in [2.24, 2.45) is 0 Å². The first-order chi connectivity index (χ1) is 14.1. The van der Waals surface area contributed by atoms with Gasteiger partial charge in [-0.25, -0.2) is 4.98 Å². The number of carbonyl (C=O) groups is 1. The molecule has 0 spiro atoms. The molecule has 2 heterocycles. The van der Waals surface area contributed by atoms with Crippen molar-refractivity contribution < 1.29 is 22.7 Å². The summed E-state index contributed by atoms with van der Waals surface area (Å²) in [6.45, 7) is 3.63. The first-order valence-corrected chi connectivity index (χ1v) is 9.65. The van der Waals surface area contributed by atoms with Gasteiger partial charge in [0.1, 0.15) is 17.5 Å². The second kappa shape index (κ2) is 7.33. The third kappa shape index (κ3) is 3.99. The van der Waals surface area contributed by atoms with Gasteiger partial charge in [-0.05, 0) is 50.3 Å². The van der Waals surface area contributed by atoms with E-state index in [0.29, 0.717) is 23.1 Å². The minimum absolute atomic E-state index is 0.0918. The molecule has 2 aromatic rings. The third-order valence-electron chi connectivity index (χ3n) is 5.67. The molecule has 1 aliphatic heterocycles. The molecule has 0 unspecified atom stereocenters. The van der Waals surface area contributed by atoms with Crippen LogP contribution in [0.3, 0.4) is 0 Å². The molecule has 0 bridgehead atoms. The highest BCUT2D eigenvalue weighted by molar-refractivity contribution is 6.03. The molecule has 1 amide bonds. The van der Waals surface area contributed by atoms with Crippen LogP contribution in [0.5, 0.6) is 5.75 Å². The maximum absolute atomic E-state index is 12.3. The van der Waals surface area contributed by atoms with E-state index in [1.165, 1.54) is 12.1 Å². The zero-order chi connectivity index (χ0) is 21.6. The molecule has 0 radical (unpaired) electrons. The van der Waals surface area contributed by atoms with Gasteiger partial charge in [-0.15, -0.1) is 13.2 Å². The van der Waals surface area contributed by atoms with Crippen molar-refractivity contribution in [3.05, 3.63) is 35.5 Å². The highest BCUT2D eigenvalue weighted by Crippen LogP contribution is 2.40. The van der Waals surface area contributed by atoms with E-state index in [-0.39, 0.29) is 29.7 Å². The van der Waals surface area contributed by atoms with Gasteiger partial charge in [-0.2, -0.15) is 4.98 Å². The third-order valence-corrected chi connectivity index (χ3v) is 5.67. The number of fused-ring (bicyclic) bond motifs is 1. The topological polar surface area (TPSA) is 79.4 Å². The lowest BCUT2D eigenvalue weighted by Crippen LogP contribution is -2.45. The summed E-state index contributed by atoms with van der Waals surface area (Å²) in [5.74, 6) is 1.12. The SMILES string of the molecule is Cc1nc(N[C@H]2C[C@H](c3ccc(OC(F)(F)F)cc3)C2)nc2c1NC(=O)[C@H](C)N2C. The van der Waals surface area contributed by atoms with Gasteiger partial charge in [0, 0.05) is 13.1 Å². The van der Waals surface area contributed by atoms with Crippen LogP contribution in [0, 0.1) is 6.92 Å². The number of nitrogens with one attached hydrogen (secondary N) is 2. The summed E-state index contributed by atoms with van der Waals surface area (Å²) in [5, 5.41) is 6.17. The number of ether oxygens (including phenoxy) is 1. The quantitative estimate of drug-likeness (QED) is 0.782. The Bertz CT molecular complexity index is 958. The maximum atomic E-state index is 12.3. The minimum atomic E-state index is -4.69. The van der Waals surface area contributed by atoms with Gasteiger partial charge >= 0.3 is 6.36 Å². The van der Waals surface area contributed by atoms with Gasteiger partial charge in [-0.1, -0.05) is 12.1 Å². The number of aromatic nitrogens is 2. The molecule has 1 aliphatic carbocycles. The summed E-state index contributed by atoms with van der Waals surface area (Å²) in [7, 11) is 1.82. The number of aryl methyl sites for hydroxylation is 1. The number of likely N-dealkylation sites (N-methyl/N-ethyl adjacent to an activating group) is 1. The van der Waals surface area contributed by atoms with Crippen LogP contribution in [0.1, 0.15) is 36.9 Å². The maximum Gasteiger partial charge on any atom is 0.573 e. The van der Waals surface area contributed by atoms with Gasteiger partial charge in [0.15, 0.2) is 5.82 Å². The van der Waals surface area contributed by atoms with Crippen LogP contribution < -0.4 is 20.3 Å². The van der Waals surface area contributed by atoms with Gasteiger partial charge in [0.05, 0.1) is 5.69 Å². The van der Waals surface area contributed by atoms with E-state index < -0.39 is 6.36 Å². The van der Waals surface area contributed by atoms with Gasteiger partial charge in [0.2, 0.25) is 11.9 Å². The summed E-state index contributed by atoms with van der Waals surface area (Å²) in [6, 6.07) is 5.85. The van der Waals surface area contributed by atoms with E-state index in [1.54, 1.807) is 12.1 Å². The molecule has 2 aliphatic rings. The second-order valence-electron chi connectivity index (χ2n) is 7.73. The van der Waals surface area contributed by atoms with E-state index in [9.17, 15) is 18.0 Å². The van der Waals surface area contributed by atoms with Crippen LogP contribution in [0.25, 0.3) is 0 Å². The zero-order valence-corrected chi connectivity index (χ0v) is 16.7. The van der Waals surface area contributed by atoms with Gasteiger partial charge in [-0.3, -0.25) is 4.79 Å². The molecule has 10 heteroatoms. The Kier molecular flexibility index (Phi) is 4.95. The summed E-state index contributed by atoms with van der Waals surface area (Å²) < 4.78 is 40.7. The Labute approximate surface area is 171 Å². The zero-order valence-electron chi connectivity index (χ0n) is 16.7. The molecule has 1 atom stereocenters. The van der Waals surface area contributed by atoms with Crippen LogP contribution >= 0.6 is 0 Å². The van der Waals surface area contributed by atoms with E-state index >= 15 is 0 Å². The van der Waals surface area contributed by atoms with Crippen LogP contribution in [0.15, 0.2) is 24.3 Å². The van der Waals surface area contributed by atoms with Gasteiger partial charge in [0.25, 0.3) is 0 Å². The Hall–Kier alpha value is -3.04. The first-order valence-electron chi connectivity index (χ1n) is 9.65. The van der Waals surface area contributed by atoms with Crippen molar-refractivity contribution in [3.8, 4) is 5.75 Å². The lowest BCUT2D eigenvalue weighted by atomic mass is 9.76. The summed E-state index contributed by atoms with van der Waals surface area (Å²) in [6.07, 6.45) is -3.04. The van der Waals surface area contributed by atoms with E-state index in [1.807, 2.05) is 25.8 Å². The largest absolute Gasteiger partial charge is 0.573 e. The molecular weight excluding hydrogens is 399 g/mol. The van der Waals surface area contributed by atoms with E-state index in [0.717, 1.165) is 18.4 Å². The number of benzene rings is 1. The summed E-state index contributed by atoms with van der Waals surface area (Å²) in [4.78, 5) is 22.9. The predicted octanol–water partition coefficient (Wildman–Crippen LogP) is 3.82. The standard InChI is InChI=1S/C20H22F3N5O2/c1-10-16-17(28(3)11(2)18(29)26-16)27-19(24-10)25-14-8-13(9-14)12-4-6-15(7-5-12)30-20(21,22)23/h4-7,11,13-14H,8-9H2,1-3H3,(H,26,29)(H,24,25,27)/t11-,13-,14-/m0/s1. The smallest absolute Gasteiger partial charge is 0.406 e. The number of hydrogen-bond acceptors (Lipinski definition) is 6. The van der Waals surface area contributed by atoms with E-state index in [4.69, 9.17) is 0 Å². The molecule has 2 N–H and O–H groups in total. The Morgan fingerprint density at radius 2 is 1.87 bits per heavy atom. The monoisotopic (exact) mass is 421 g/mol. The Morgan fingerprint density at radius 1 is 1.20 bits per heavy atom. The fourth-order valence-electron chi connectivity index (χ4n) is 3.74. The molecule has 0 saturated heterocycles. The number of alkyl halides is 3. The van der Waals surface area contributed by atoms with Gasteiger partial charge < -0.3 is 20.3 Å². The van der Waals surface area contributed by atoms with E-state index in [2.05, 4.69) is 25.3 Å². The van der Waals surface area contributed by atoms with Crippen molar-refractivity contribution in [1.82, 2.24) is 9.97 Å². The summed E-state index contributed by atoms with van der Waals surface area (Å²) >= 11 is 0. The number of nitrogens with zero attached hydrogens (tertiary/aromatic N) is 3. The number of halogens is 3. The number of rotatable bonds is 4. The Balaban J connectivity index is 1.39. The second-order valence-corrected chi connectivity index (χ2v) is 7.73. The highest BCUT2D eigenvalue weighted by atomic mass is 19.4. The lowest BCUT2D eigenvalue weighted by molar-refractivity contribution is -0.274. The first kappa shape index (κ1) is 20.2. The molecule has 160 valence electrons. The number of anilines is 3. The lowest BCUT2D eigenvalue weighted by Gasteiger charge is -2.37. The van der Waals surface area contributed by atoms with Crippen LogP contribution in [-0.2, 0) is 4.79 Å². The molecule has 4 rings (SSSR count). The molecule has 1 aromatic heterocycles. The van der Waals surface area contributed by atoms with Crippen molar-refractivity contribution in [3.63, 3.8) is 0 Å². The summed E-state index contributed by atoms with van der Waals surface area (Å²) in [5.41, 5.74) is 2.28. The van der Waals surface area contributed by atoms with Crippen LogP contribution in [0.2, 0.25) is 0 Å². The molecule has 1 aromatic carbocycles. The predicted molar refractivity (Wildman–Crippen MR) is 106 cm³/mol. The fourth-order valence-corrected chi connectivity index (χ4v) is 3.74. The fraction of sp³-hybridized carbons (Fsp3) is 0.450. The Morgan fingerprint density at radius 3 is 2.50 bits per heavy atom. The number of carbonyl (C=O) groups excluding carboxylic acids is 1. The average Bonchev–Trinajstić information content (AvgIpc) is 2.63. The molecule has 30 heavy (non-hydrogen) atoms. The normalized spacial score (nSPS) is 23.3. The van der Waals surface area contributed by atoms with Crippen molar-refractivity contribution in [1.29, 1.82) is 0 Å². The average molecular weight is 421 g/mol. The minimum Gasteiger partial charge on any atom is -0.406 e. The van der Waals surface area contributed by atoms with Crippen molar-refractivity contribution >= 4 is 23.4 Å².